The minimum absolute atomic E-state index is 0.00129. The molecule has 3 heterocycles. The summed E-state index contributed by atoms with van der Waals surface area (Å²) in [5.41, 5.74) is 0.779. The second-order valence-electron chi connectivity index (χ2n) is 29.5. The highest BCUT2D eigenvalue weighted by molar-refractivity contribution is 5.95. The summed E-state index contributed by atoms with van der Waals surface area (Å²) in [6.45, 7) is -0.164. The first kappa shape index (κ1) is 89.8. The van der Waals surface area contributed by atoms with E-state index in [1.165, 1.54) is 134 Å². The van der Waals surface area contributed by atoms with E-state index in [0.717, 1.165) is 5.56 Å². The molecule has 11 aromatic rings. The highest BCUT2D eigenvalue weighted by Gasteiger charge is 2.59. The van der Waals surface area contributed by atoms with Crippen molar-refractivity contribution in [2.24, 2.45) is 0 Å². The summed E-state index contributed by atoms with van der Waals surface area (Å²) in [5, 5.41) is 0. The van der Waals surface area contributed by atoms with Gasteiger partial charge in [-0.2, -0.15) is 0 Å². The molecule has 3 aliphatic rings. The van der Waals surface area contributed by atoms with Crippen molar-refractivity contribution < 1.29 is 128 Å². The minimum atomic E-state index is -2.09. The van der Waals surface area contributed by atoms with Gasteiger partial charge >= 0.3 is 59.7 Å². The van der Waals surface area contributed by atoms with Crippen molar-refractivity contribution in [2.75, 3.05) is 39.6 Å². The molecule has 11 aromatic carbocycles. The molecule has 0 unspecified atom stereocenters. The topological polar surface area (TPSA) is 328 Å². The lowest BCUT2D eigenvalue weighted by Crippen LogP contribution is -2.65. The van der Waals surface area contributed by atoms with E-state index >= 15 is 24.0 Å². The Balaban J connectivity index is 0.919. The highest BCUT2D eigenvalue weighted by atomic mass is 16.8. The van der Waals surface area contributed by atoms with E-state index in [9.17, 15) is 24.0 Å². The van der Waals surface area contributed by atoms with E-state index < -0.39 is 165 Å². The van der Waals surface area contributed by atoms with Gasteiger partial charge in [-0.15, -0.1) is 0 Å². The molecule has 0 spiro atoms. The molecule has 14 rings (SSSR count). The number of esters is 10. The van der Waals surface area contributed by atoms with Gasteiger partial charge in [-0.1, -0.05) is 218 Å². The molecule has 654 valence electrons. The first-order valence-corrected chi connectivity index (χ1v) is 41.2. The third-order valence-corrected chi connectivity index (χ3v) is 20.7. The first-order valence-electron chi connectivity index (χ1n) is 41.2. The van der Waals surface area contributed by atoms with E-state index in [-0.39, 0.29) is 87.6 Å². The fraction of sp³-hybridized carbons (Fsp3) is 0.228. The maximum absolute atomic E-state index is 15.3. The van der Waals surface area contributed by atoms with Gasteiger partial charge in [0.15, 0.2) is 67.5 Å². The third kappa shape index (κ3) is 24.0. The maximum Gasteiger partial charge on any atom is 0.338 e. The van der Waals surface area contributed by atoms with Gasteiger partial charge < -0.3 is 80.5 Å². The van der Waals surface area contributed by atoms with Crippen LogP contribution in [0.3, 0.4) is 0 Å². The third-order valence-electron chi connectivity index (χ3n) is 20.7. The Labute approximate surface area is 736 Å². The van der Waals surface area contributed by atoms with Crippen LogP contribution in [0.5, 0.6) is 0 Å². The molecular formula is C101H88O27. The van der Waals surface area contributed by atoms with Crippen LogP contribution in [0.4, 0.5) is 0 Å². The molecule has 27 heteroatoms. The van der Waals surface area contributed by atoms with Crippen LogP contribution in [0.1, 0.15) is 116 Å². The summed E-state index contributed by atoms with van der Waals surface area (Å²) in [5.74, 6) is -10.1. The zero-order chi connectivity index (χ0) is 88.9. The van der Waals surface area contributed by atoms with Gasteiger partial charge in [-0.25, -0.2) is 47.9 Å². The lowest BCUT2D eigenvalue weighted by atomic mass is 9.88. The number of carbonyl (C=O) groups is 10. The van der Waals surface area contributed by atoms with Gasteiger partial charge in [-0.05, 0) is 139 Å². The minimum Gasteiger partial charge on any atom is -0.459 e. The molecule has 0 aliphatic carbocycles. The van der Waals surface area contributed by atoms with Crippen molar-refractivity contribution in [1.29, 1.82) is 0 Å². The van der Waals surface area contributed by atoms with Crippen molar-refractivity contribution in [3.8, 4) is 0 Å². The smallest absolute Gasteiger partial charge is 0.338 e. The van der Waals surface area contributed by atoms with Gasteiger partial charge in [-0.3, -0.25) is 0 Å². The van der Waals surface area contributed by atoms with Crippen molar-refractivity contribution in [1.82, 2.24) is 0 Å². The van der Waals surface area contributed by atoms with Gasteiger partial charge in [0.25, 0.3) is 0 Å². The largest absolute Gasteiger partial charge is 0.459 e. The fourth-order valence-corrected chi connectivity index (χ4v) is 14.3. The molecule has 15 atom stereocenters. The Morgan fingerprint density at radius 2 is 0.508 bits per heavy atom. The van der Waals surface area contributed by atoms with E-state index in [1.54, 1.807) is 182 Å². The zero-order valence-corrected chi connectivity index (χ0v) is 69.0. The van der Waals surface area contributed by atoms with E-state index in [0.29, 0.717) is 6.61 Å². The van der Waals surface area contributed by atoms with Gasteiger partial charge in [0, 0.05) is 0 Å². The average Bonchev–Trinajstić information content (AvgIpc) is 0.764. The van der Waals surface area contributed by atoms with Crippen LogP contribution >= 0.6 is 0 Å². The molecule has 0 amide bonds. The van der Waals surface area contributed by atoms with Crippen molar-refractivity contribution in [3.05, 3.63) is 406 Å². The second kappa shape index (κ2) is 45.0. The number of carbonyl (C=O) groups excluding carboxylic acids is 10. The van der Waals surface area contributed by atoms with Crippen LogP contribution in [0, 0.1) is 0 Å². The molecular weight excluding hydrogens is 1650 g/mol. The molecule has 0 N–H and O–H groups in total. The predicted octanol–water partition coefficient (Wildman–Crippen LogP) is 14.3. The molecule has 27 nitrogen and oxygen atoms in total. The van der Waals surface area contributed by atoms with Crippen molar-refractivity contribution in [3.63, 3.8) is 0 Å². The fourth-order valence-electron chi connectivity index (χ4n) is 14.3. The molecule has 3 aliphatic heterocycles. The van der Waals surface area contributed by atoms with Crippen molar-refractivity contribution in [2.45, 2.75) is 105 Å². The average molecular weight is 1730 g/mol. The SMILES string of the molecule is C/C(=C\[C@H]1O[C@@H](OCCOCCOCc2ccccc2)[C@H](OC(=O)c2ccccc2)[C@@H](OC(=O)c2ccccc2)[C@@H]1OC(=O)c1ccccc1)[C@@H]1O[C@H](CO[C@@H]2O[C@H](COC(=O)c3ccccc3)[C@@H](OC(=O)c3ccccc3)[C@H](OC(=O)c3ccccc3)[C@H]2OC(=O)c2ccccc2)[C@@H](OC(=O)c2ccccc2)[C@H](OC(=O)c2ccccc2)[C@H]1OC(=O)c1ccccc1. The summed E-state index contributed by atoms with van der Waals surface area (Å²) in [4.78, 5) is 150. The Kier molecular flexibility index (Phi) is 31.6. The van der Waals surface area contributed by atoms with Gasteiger partial charge in [0.1, 0.15) is 31.0 Å². The lowest BCUT2D eigenvalue weighted by molar-refractivity contribution is -0.310. The van der Waals surface area contributed by atoms with Crippen LogP contribution in [0.2, 0.25) is 0 Å². The first-order chi connectivity index (χ1) is 62.6. The standard InChI is InChI=1S/C101H88O27/c1-65(61-77-81(120-91(103)68-39-17-4-18-40-68)86(125-96(108)73-49-27-9-28-50-73)88(127-98(110)75-53-31-11-32-54-75)100(118-77)114-60-59-112-57-58-113-62-66-35-13-2-14-36-66)80-84(123-94(106)71-45-23-7-24-46-71)85(124-95(107)72-47-25-8-26-48-72)82(121-92(104)69-41-19-5-20-42-69)78(117-80)64-116-101-89(128-99(111)76-55-33-12-34-56-76)87(126-97(109)74-51-29-10-30-52-74)83(122-93(105)70-43-21-6-22-44-70)79(119-101)63-115-90(102)67-37-15-3-16-38-67/h2-56,61,77-89,100-101H,57-60,62-64H2,1H3/b65-61+/t77-,78-,79-,80+,81-,82-,83-,84+,85+,86+,87+,88-,89-,100-,101-/m1/s1. The molecule has 0 radical (unpaired) electrons. The second-order valence-corrected chi connectivity index (χ2v) is 29.5. The van der Waals surface area contributed by atoms with Crippen LogP contribution in [-0.2, 0) is 87.1 Å². The van der Waals surface area contributed by atoms with Crippen LogP contribution in [-0.4, -0.2) is 191 Å². The Bertz CT molecular complexity index is 5520. The molecule has 3 saturated heterocycles. The number of benzene rings is 11. The Morgan fingerprint density at radius 3 is 0.859 bits per heavy atom. The summed E-state index contributed by atoms with van der Waals surface area (Å²) < 4.78 is 111. The highest BCUT2D eigenvalue weighted by Crippen LogP contribution is 2.40. The Morgan fingerprint density at radius 1 is 0.250 bits per heavy atom. The molecule has 3 fully saturated rings. The number of ether oxygens (including phenoxy) is 17. The monoisotopic (exact) mass is 1730 g/mol. The summed E-state index contributed by atoms with van der Waals surface area (Å²) in [7, 11) is 0. The van der Waals surface area contributed by atoms with Gasteiger partial charge in [0.05, 0.1) is 95.3 Å². The van der Waals surface area contributed by atoms with Gasteiger partial charge in [0.2, 0.25) is 0 Å². The molecule has 0 bridgehead atoms. The quantitative estimate of drug-likeness (QED) is 0.0154. The van der Waals surface area contributed by atoms with E-state index in [2.05, 4.69) is 0 Å². The summed E-state index contributed by atoms with van der Waals surface area (Å²) in [6, 6.07) is 86.6. The van der Waals surface area contributed by atoms with Crippen molar-refractivity contribution >= 4 is 59.7 Å². The predicted molar refractivity (Wildman–Crippen MR) is 456 cm³/mol. The summed E-state index contributed by atoms with van der Waals surface area (Å²) in [6.07, 6.45) is -27.2. The normalized spacial score (nSPS) is 21.9. The number of hydrogen-bond donors (Lipinski definition) is 0. The van der Waals surface area contributed by atoms with E-state index in [4.69, 9.17) is 80.5 Å². The summed E-state index contributed by atoms with van der Waals surface area (Å²) >= 11 is 0. The molecule has 0 saturated carbocycles. The zero-order valence-electron chi connectivity index (χ0n) is 69.0. The Hall–Kier alpha value is -14.4. The molecule has 0 aromatic heterocycles. The van der Waals surface area contributed by atoms with Crippen LogP contribution in [0.25, 0.3) is 0 Å². The molecule has 128 heavy (non-hydrogen) atoms. The number of rotatable bonds is 35. The number of hydrogen-bond acceptors (Lipinski definition) is 27. The maximum atomic E-state index is 15.3. The lowest BCUT2D eigenvalue weighted by Gasteiger charge is -2.47. The van der Waals surface area contributed by atoms with Crippen LogP contribution < -0.4 is 0 Å². The van der Waals surface area contributed by atoms with E-state index in [1.807, 2.05) is 30.3 Å². The van der Waals surface area contributed by atoms with Crippen LogP contribution in [0.15, 0.2) is 345 Å².